The molecule has 0 aliphatic heterocycles. The molecular formula is C21H19Br2ClN4O3. The number of nitrogens with zero attached hydrogens (tertiary/aromatic N) is 3. The van der Waals surface area contributed by atoms with Crippen LogP contribution in [0, 0.1) is 0 Å². The lowest BCUT2D eigenvalue weighted by molar-refractivity contribution is -0.119. The van der Waals surface area contributed by atoms with Crippen molar-refractivity contribution in [2.45, 2.75) is 26.2 Å². The third kappa shape index (κ3) is 5.34. The fraction of sp³-hybridized carbons (Fsp3) is 0.238. The second kappa shape index (κ2) is 9.93. The van der Waals surface area contributed by atoms with Gasteiger partial charge in [0.1, 0.15) is 11.6 Å². The van der Waals surface area contributed by atoms with Gasteiger partial charge in [-0.25, -0.2) is 4.98 Å². The molecule has 0 unspecified atom stereocenters. The van der Waals surface area contributed by atoms with E-state index in [2.05, 4.69) is 41.9 Å². The minimum atomic E-state index is -0.621. The molecule has 2 N–H and O–H groups in total. The molecule has 0 bridgehead atoms. The van der Waals surface area contributed by atoms with Crippen molar-refractivity contribution < 1.29 is 9.53 Å². The van der Waals surface area contributed by atoms with E-state index in [9.17, 15) is 9.59 Å². The highest BCUT2D eigenvalue weighted by molar-refractivity contribution is 9.10. The molecule has 10 heteroatoms. The van der Waals surface area contributed by atoms with Crippen LogP contribution < -0.4 is 16.0 Å². The Morgan fingerprint density at radius 1 is 1.35 bits per heavy atom. The van der Waals surface area contributed by atoms with Gasteiger partial charge in [-0.15, -0.1) is 0 Å². The predicted octanol–water partition coefficient (Wildman–Crippen LogP) is 4.83. The zero-order chi connectivity index (χ0) is 22.7. The van der Waals surface area contributed by atoms with Gasteiger partial charge >= 0.3 is 0 Å². The van der Waals surface area contributed by atoms with Crippen LogP contribution in [0.4, 0.5) is 0 Å². The Kier molecular flexibility index (Phi) is 7.51. The van der Waals surface area contributed by atoms with E-state index in [4.69, 9.17) is 22.1 Å². The maximum atomic E-state index is 13.2. The quantitative estimate of drug-likeness (QED) is 0.411. The van der Waals surface area contributed by atoms with Crippen molar-refractivity contribution in [3.05, 3.63) is 66.0 Å². The Morgan fingerprint density at radius 2 is 2.10 bits per heavy atom. The van der Waals surface area contributed by atoms with Crippen LogP contribution in [0.2, 0.25) is 5.02 Å². The van der Waals surface area contributed by atoms with Crippen molar-refractivity contribution in [2.24, 2.45) is 10.8 Å². The summed E-state index contributed by atoms with van der Waals surface area (Å²) in [5, 5.41) is 5.29. The normalized spacial score (nSPS) is 12.4. The second-order valence-corrected chi connectivity index (χ2v) is 9.07. The van der Waals surface area contributed by atoms with Gasteiger partial charge in [0.15, 0.2) is 6.61 Å². The van der Waals surface area contributed by atoms with Crippen molar-refractivity contribution in [1.82, 2.24) is 9.66 Å². The Labute approximate surface area is 200 Å². The van der Waals surface area contributed by atoms with Gasteiger partial charge in [0, 0.05) is 21.0 Å². The van der Waals surface area contributed by atoms with Crippen LogP contribution >= 0.6 is 43.5 Å². The van der Waals surface area contributed by atoms with Gasteiger partial charge < -0.3 is 10.5 Å². The number of halogens is 3. The summed E-state index contributed by atoms with van der Waals surface area (Å²) >= 11 is 12.9. The lowest BCUT2D eigenvalue weighted by atomic mass is 10.1. The fourth-order valence-corrected chi connectivity index (χ4v) is 4.18. The first-order valence-corrected chi connectivity index (χ1v) is 11.3. The summed E-state index contributed by atoms with van der Waals surface area (Å²) in [6.45, 7) is 3.68. The van der Waals surface area contributed by atoms with Crippen LogP contribution in [0.3, 0.4) is 0 Å². The van der Waals surface area contributed by atoms with Gasteiger partial charge in [0.25, 0.3) is 11.5 Å². The number of benzene rings is 2. The summed E-state index contributed by atoms with van der Waals surface area (Å²) in [7, 11) is 0. The Morgan fingerprint density at radius 3 is 2.77 bits per heavy atom. The average Bonchev–Trinajstić information content (AvgIpc) is 2.71. The third-order valence-electron chi connectivity index (χ3n) is 4.59. The number of carbonyl (C=O) groups is 1. The molecule has 0 fully saturated rings. The van der Waals surface area contributed by atoms with Crippen molar-refractivity contribution in [3.8, 4) is 5.75 Å². The minimum absolute atomic E-state index is 0.00502. The Balaban J connectivity index is 2.18. The van der Waals surface area contributed by atoms with Crippen LogP contribution in [-0.2, 0) is 4.79 Å². The smallest absolute Gasteiger partial charge is 0.282 e. The van der Waals surface area contributed by atoms with Gasteiger partial charge in [-0.1, -0.05) is 41.4 Å². The standard InChI is InChI=1S/C21H19Br2ClN4O3/c1-3-11(2)20-27-17-5-4-13(22)7-15(17)21(30)28(20)26-9-12-6-14(24)8-16(23)19(12)31-10-18(25)29/h4-9,11H,3,10H2,1-2H3,(H2,25,29)/t11-/m1/s1. The van der Waals surface area contributed by atoms with Crippen LogP contribution in [0.15, 0.2) is 49.2 Å². The van der Waals surface area contributed by atoms with Gasteiger partial charge in [0.05, 0.1) is 21.6 Å². The molecule has 0 saturated heterocycles. The molecule has 7 nitrogen and oxygen atoms in total. The topological polar surface area (TPSA) is 99.6 Å². The van der Waals surface area contributed by atoms with E-state index in [0.717, 1.165) is 10.9 Å². The van der Waals surface area contributed by atoms with Gasteiger partial charge in [-0.3, -0.25) is 9.59 Å². The summed E-state index contributed by atoms with van der Waals surface area (Å²) in [5.74, 6) is 0.250. The number of rotatable bonds is 7. The molecule has 3 aromatic rings. The molecule has 3 rings (SSSR count). The highest BCUT2D eigenvalue weighted by atomic mass is 79.9. The number of nitrogens with two attached hydrogens (primary N) is 1. The molecule has 0 spiro atoms. The van der Waals surface area contributed by atoms with E-state index >= 15 is 0 Å². The zero-order valence-electron chi connectivity index (χ0n) is 16.7. The molecule has 1 heterocycles. The van der Waals surface area contributed by atoms with Gasteiger partial charge in [-0.05, 0) is 52.7 Å². The van der Waals surface area contributed by atoms with E-state index < -0.39 is 5.91 Å². The summed E-state index contributed by atoms with van der Waals surface area (Å²) in [6.07, 6.45) is 2.23. The predicted molar refractivity (Wildman–Crippen MR) is 129 cm³/mol. The first-order valence-electron chi connectivity index (χ1n) is 9.38. The first-order chi connectivity index (χ1) is 14.7. The summed E-state index contributed by atoms with van der Waals surface area (Å²) < 4.78 is 8.09. The van der Waals surface area contributed by atoms with Crippen LogP contribution in [-0.4, -0.2) is 28.4 Å². The third-order valence-corrected chi connectivity index (χ3v) is 5.90. The van der Waals surface area contributed by atoms with Crippen LogP contribution in [0.5, 0.6) is 5.75 Å². The van der Waals surface area contributed by atoms with Crippen LogP contribution in [0.25, 0.3) is 10.9 Å². The van der Waals surface area contributed by atoms with Gasteiger partial charge in [0.2, 0.25) is 0 Å². The number of hydrogen-bond donors (Lipinski definition) is 1. The largest absolute Gasteiger partial charge is 0.482 e. The summed E-state index contributed by atoms with van der Waals surface area (Å²) in [4.78, 5) is 29.1. The maximum Gasteiger partial charge on any atom is 0.282 e. The highest BCUT2D eigenvalue weighted by Crippen LogP contribution is 2.32. The second-order valence-electron chi connectivity index (χ2n) is 6.86. The average molecular weight is 571 g/mol. The van der Waals surface area contributed by atoms with E-state index in [1.54, 1.807) is 24.3 Å². The molecular weight excluding hydrogens is 552 g/mol. The first kappa shape index (κ1) is 23.4. The zero-order valence-corrected chi connectivity index (χ0v) is 20.7. The molecule has 1 amide bonds. The summed E-state index contributed by atoms with van der Waals surface area (Å²) in [5.41, 5.74) is 5.97. The van der Waals surface area contributed by atoms with E-state index in [0.29, 0.717) is 37.5 Å². The SMILES string of the molecule is CC[C@@H](C)c1nc2ccc(Br)cc2c(=O)n1N=Cc1cc(Cl)cc(Br)c1OCC(N)=O. The molecule has 2 aromatic carbocycles. The molecule has 1 atom stereocenters. The van der Waals surface area contributed by atoms with Gasteiger partial charge in [-0.2, -0.15) is 9.78 Å². The molecule has 31 heavy (non-hydrogen) atoms. The van der Waals surface area contributed by atoms with E-state index in [1.165, 1.54) is 10.9 Å². The Hall–Kier alpha value is -2.23. The summed E-state index contributed by atoms with van der Waals surface area (Å²) in [6, 6.07) is 8.60. The molecule has 0 aliphatic rings. The number of ether oxygens (including phenoxy) is 1. The number of primary amides is 1. The number of amides is 1. The Bertz CT molecular complexity index is 1240. The molecule has 1 aromatic heterocycles. The number of fused-ring (bicyclic) bond motifs is 1. The van der Waals surface area contributed by atoms with Crippen molar-refractivity contribution in [1.29, 1.82) is 0 Å². The maximum absolute atomic E-state index is 13.2. The minimum Gasteiger partial charge on any atom is -0.482 e. The highest BCUT2D eigenvalue weighted by Gasteiger charge is 2.16. The van der Waals surface area contributed by atoms with Crippen molar-refractivity contribution in [3.63, 3.8) is 0 Å². The number of carbonyl (C=O) groups excluding carboxylic acids is 1. The molecule has 162 valence electrons. The van der Waals surface area contributed by atoms with E-state index in [-0.39, 0.29) is 18.1 Å². The number of hydrogen-bond acceptors (Lipinski definition) is 5. The lowest BCUT2D eigenvalue weighted by Gasteiger charge is -2.14. The lowest BCUT2D eigenvalue weighted by Crippen LogP contribution is -2.24. The number of aromatic nitrogens is 2. The van der Waals surface area contributed by atoms with E-state index in [1.807, 2.05) is 19.9 Å². The molecule has 0 radical (unpaired) electrons. The van der Waals surface area contributed by atoms with Crippen LogP contribution in [0.1, 0.15) is 37.6 Å². The monoisotopic (exact) mass is 568 g/mol. The van der Waals surface area contributed by atoms with Crippen molar-refractivity contribution >= 4 is 66.5 Å². The molecule has 0 aliphatic carbocycles. The molecule has 0 saturated carbocycles. The fourth-order valence-electron chi connectivity index (χ4n) is 2.87. The van der Waals surface area contributed by atoms with Crippen molar-refractivity contribution in [2.75, 3.05) is 6.61 Å².